The lowest BCUT2D eigenvalue weighted by Crippen LogP contribution is -2.28. The first kappa shape index (κ1) is 19.0. The van der Waals surface area contributed by atoms with E-state index in [1.807, 2.05) is 32.0 Å². The number of carbonyl (C=O) groups excluding carboxylic acids is 1. The van der Waals surface area contributed by atoms with Crippen LogP contribution >= 0.6 is 0 Å². The van der Waals surface area contributed by atoms with Crippen molar-refractivity contribution in [1.82, 2.24) is 15.4 Å². The molecule has 0 spiro atoms. The molecule has 1 amide bonds. The van der Waals surface area contributed by atoms with Crippen molar-refractivity contribution in [2.24, 2.45) is 5.10 Å². The molecule has 142 valence electrons. The Kier molecular flexibility index (Phi) is 5.64. The molecule has 1 aromatic heterocycles. The molecule has 0 unspecified atom stereocenters. The van der Waals surface area contributed by atoms with Gasteiger partial charge < -0.3 is 9.72 Å². The summed E-state index contributed by atoms with van der Waals surface area (Å²) in [7, 11) is 1.58. The number of ether oxygens (including phenoxy) is 1. The van der Waals surface area contributed by atoms with E-state index in [1.165, 1.54) is 12.4 Å². The normalized spacial score (nSPS) is 10.8. The summed E-state index contributed by atoms with van der Waals surface area (Å²) in [6.07, 6.45) is 2.99. The molecule has 0 aliphatic rings. The van der Waals surface area contributed by atoms with E-state index >= 15 is 0 Å². The molecule has 7 nitrogen and oxygen atoms in total. The molecule has 7 heteroatoms. The molecule has 0 fully saturated rings. The Morgan fingerprint density at radius 1 is 1.14 bits per heavy atom. The van der Waals surface area contributed by atoms with E-state index in [0.29, 0.717) is 11.4 Å². The number of methoxy groups -OCH3 is 1. The number of hydrogen-bond donors (Lipinski definition) is 2. The van der Waals surface area contributed by atoms with Crippen LogP contribution in [-0.4, -0.2) is 29.2 Å². The smallest absolute Gasteiger partial charge is 0.295 e. The van der Waals surface area contributed by atoms with E-state index < -0.39 is 11.5 Å². The summed E-state index contributed by atoms with van der Waals surface area (Å²) in [6.45, 7) is 3.97. The van der Waals surface area contributed by atoms with Crippen molar-refractivity contribution < 1.29 is 9.53 Å². The molecule has 0 aliphatic heterocycles. The first-order valence-corrected chi connectivity index (χ1v) is 8.62. The molecule has 3 aromatic rings. The standard InChI is InChI=1S/C21H20N4O3/c1-13-8-14(2)10-15(9-13)11-23-25-21(27)19-20(26)22-12-18(24-19)16-4-6-17(28-3)7-5-16/h4-12H,1-3H3,(H,22,26)(H,25,27)/b23-11+. The van der Waals surface area contributed by atoms with Gasteiger partial charge >= 0.3 is 0 Å². The van der Waals surface area contributed by atoms with Gasteiger partial charge in [0.25, 0.3) is 11.5 Å². The highest BCUT2D eigenvalue weighted by Gasteiger charge is 2.13. The van der Waals surface area contributed by atoms with Crippen LogP contribution in [0, 0.1) is 13.8 Å². The predicted octanol–water partition coefficient (Wildman–Crippen LogP) is 2.83. The van der Waals surface area contributed by atoms with E-state index in [1.54, 1.807) is 31.4 Å². The zero-order chi connectivity index (χ0) is 20.1. The van der Waals surface area contributed by atoms with Gasteiger partial charge in [0.1, 0.15) is 5.75 Å². The Balaban J connectivity index is 1.79. The number of nitrogens with one attached hydrogen (secondary N) is 2. The van der Waals surface area contributed by atoms with Gasteiger partial charge in [0, 0.05) is 11.8 Å². The quantitative estimate of drug-likeness (QED) is 0.529. The van der Waals surface area contributed by atoms with Crippen LogP contribution in [0.5, 0.6) is 5.75 Å². The molecule has 0 atom stereocenters. The Labute approximate surface area is 162 Å². The van der Waals surface area contributed by atoms with Crippen LogP contribution in [0.4, 0.5) is 0 Å². The number of hydrogen-bond acceptors (Lipinski definition) is 5. The van der Waals surface area contributed by atoms with Gasteiger partial charge in [-0.1, -0.05) is 29.3 Å². The lowest BCUT2D eigenvalue weighted by Gasteiger charge is -2.05. The summed E-state index contributed by atoms with van der Waals surface area (Å²) in [5.41, 5.74) is 5.76. The minimum atomic E-state index is -0.683. The van der Waals surface area contributed by atoms with Gasteiger partial charge in [0.05, 0.1) is 19.0 Å². The van der Waals surface area contributed by atoms with Crippen LogP contribution in [-0.2, 0) is 0 Å². The fraction of sp³-hybridized carbons (Fsp3) is 0.143. The second-order valence-corrected chi connectivity index (χ2v) is 6.31. The highest BCUT2D eigenvalue weighted by Crippen LogP contribution is 2.19. The minimum absolute atomic E-state index is 0.258. The number of nitrogens with zero attached hydrogens (tertiary/aromatic N) is 2. The zero-order valence-electron chi connectivity index (χ0n) is 15.8. The number of aryl methyl sites for hydroxylation is 2. The number of carbonyl (C=O) groups is 1. The van der Waals surface area contributed by atoms with Gasteiger partial charge in [-0.2, -0.15) is 5.10 Å². The lowest BCUT2D eigenvalue weighted by atomic mass is 10.1. The number of hydrazone groups is 1. The third kappa shape index (κ3) is 4.50. The summed E-state index contributed by atoms with van der Waals surface area (Å²) >= 11 is 0. The molecule has 0 saturated heterocycles. The molecule has 1 heterocycles. The number of H-pyrrole nitrogens is 1. The molecular weight excluding hydrogens is 356 g/mol. The predicted molar refractivity (Wildman–Crippen MR) is 108 cm³/mol. The van der Waals surface area contributed by atoms with Crippen LogP contribution in [0.25, 0.3) is 11.3 Å². The first-order chi connectivity index (χ1) is 13.5. The van der Waals surface area contributed by atoms with Crippen molar-refractivity contribution in [3.05, 3.63) is 81.4 Å². The van der Waals surface area contributed by atoms with E-state index in [9.17, 15) is 9.59 Å². The average Bonchev–Trinajstić information content (AvgIpc) is 2.67. The fourth-order valence-electron chi connectivity index (χ4n) is 2.77. The molecule has 2 N–H and O–H groups in total. The summed E-state index contributed by atoms with van der Waals surface area (Å²) < 4.78 is 5.12. The second kappa shape index (κ2) is 8.30. The summed E-state index contributed by atoms with van der Waals surface area (Å²) in [4.78, 5) is 31.1. The number of benzene rings is 2. The Morgan fingerprint density at radius 3 is 2.46 bits per heavy atom. The fourth-order valence-corrected chi connectivity index (χ4v) is 2.77. The molecule has 28 heavy (non-hydrogen) atoms. The van der Waals surface area contributed by atoms with E-state index in [0.717, 1.165) is 22.3 Å². The monoisotopic (exact) mass is 376 g/mol. The molecule has 0 aliphatic carbocycles. The van der Waals surface area contributed by atoms with Crippen molar-refractivity contribution in [2.45, 2.75) is 13.8 Å². The maximum atomic E-state index is 12.3. The average molecular weight is 376 g/mol. The first-order valence-electron chi connectivity index (χ1n) is 8.62. The van der Waals surface area contributed by atoms with Crippen LogP contribution < -0.4 is 15.7 Å². The van der Waals surface area contributed by atoms with Crippen molar-refractivity contribution in [3.63, 3.8) is 0 Å². The molecule has 0 radical (unpaired) electrons. The zero-order valence-corrected chi connectivity index (χ0v) is 15.8. The van der Waals surface area contributed by atoms with E-state index in [4.69, 9.17) is 4.74 Å². The van der Waals surface area contributed by atoms with Crippen molar-refractivity contribution in [1.29, 1.82) is 0 Å². The highest BCUT2D eigenvalue weighted by molar-refractivity contribution is 5.93. The van der Waals surface area contributed by atoms with Crippen molar-refractivity contribution >= 4 is 12.1 Å². The number of rotatable bonds is 5. The van der Waals surface area contributed by atoms with Crippen LogP contribution in [0.15, 0.2) is 58.6 Å². The Hall–Kier alpha value is -3.74. The maximum absolute atomic E-state index is 12.3. The summed E-state index contributed by atoms with van der Waals surface area (Å²) in [5, 5.41) is 3.93. The molecule has 0 saturated carbocycles. The number of aromatic amines is 1. The third-order valence-electron chi connectivity index (χ3n) is 4.01. The van der Waals surface area contributed by atoms with E-state index in [2.05, 4.69) is 20.5 Å². The van der Waals surface area contributed by atoms with Crippen molar-refractivity contribution in [2.75, 3.05) is 7.11 Å². The molecule has 0 bridgehead atoms. The van der Waals surface area contributed by atoms with Crippen LogP contribution in [0.1, 0.15) is 27.2 Å². The van der Waals surface area contributed by atoms with Gasteiger partial charge in [-0.3, -0.25) is 9.59 Å². The topological polar surface area (TPSA) is 96.4 Å². The SMILES string of the molecule is COc1ccc(-c2c[nH]c(=O)c(C(=O)N/N=C/c3cc(C)cc(C)c3)n2)cc1. The van der Waals surface area contributed by atoms with Crippen LogP contribution in [0.3, 0.4) is 0 Å². The van der Waals surface area contributed by atoms with Gasteiger partial charge in [0.2, 0.25) is 0 Å². The molecule has 3 rings (SSSR count). The molecular formula is C21H20N4O3. The summed E-state index contributed by atoms with van der Waals surface area (Å²) in [6, 6.07) is 13.1. The van der Waals surface area contributed by atoms with Gasteiger partial charge in [0.15, 0.2) is 5.69 Å². The lowest BCUT2D eigenvalue weighted by molar-refractivity contribution is 0.0948. The second-order valence-electron chi connectivity index (χ2n) is 6.31. The van der Waals surface area contributed by atoms with E-state index in [-0.39, 0.29) is 5.69 Å². The van der Waals surface area contributed by atoms with Gasteiger partial charge in [-0.05, 0) is 43.7 Å². The van der Waals surface area contributed by atoms with Crippen LogP contribution in [0.2, 0.25) is 0 Å². The third-order valence-corrected chi connectivity index (χ3v) is 4.01. The Bertz CT molecular complexity index is 1070. The minimum Gasteiger partial charge on any atom is -0.497 e. The maximum Gasteiger partial charge on any atom is 0.295 e. The molecule has 2 aromatic carbocycles. The summed E-state index contributed by atoms with van der Waals surface area (Å²) in [5.74, 6) is 0.0177. The Morgan fingerprint density at radius 2 is 1.82 bits per heavy atom. The largest absolute Gasteiger partial charge is 0.497 e. The number of aromatic nitrogens is 2. The van der Waals surface area contributed by atoms with Gasteiger partial charge in [-0.25, -0.2) is 10.4 Å². The van der Waals surface area contributed by atoms with Gasteiger partial charge in [-0.15, -0.1) is 0 Å². The highest BCUT2D eigenvalue weighted by atomic mass is 16.5. The number of amides is 1. The van der Waals surface area contributed by atoms with Crippen molar-refractivity contribution in [3.8, 4) is 17.0 Å².